The first-order chi connectivity index (χ1) is 9.75. The fourth-order valence-corrected chi connectivity index (χ4v) is 2.25. The van der Waals surface area contributed by atoms with Gasteiger partial charge in [-0.05, 0) is 31.4 Å². The van der Waals surface area contributed by atoms with Gasteiger partial charge in [-0.2, -0.15) is 0 Å². The van der Waals surface area contributed by atoms with Gasteiger partial charge in [0.1, 0.15) is 0 Å². The van der Waals surface area contributed by atoms with Gasteiger partial charge in [-0.15, -0.1) is 0 Å². The van der Waals surface area contributed by atoms with Crippen LogP contribution in [0.2, 0.25) is 0 Å². The number of hydrogen-bond donors (Lipinski definition) is 1. The van der Waals surface area contributed by atoms with Crippen LogP contribution in [0, 0.1) is 0 Å². The van der Waals surface area contributed by atoms with Crippen LogP contribution in [0.3, 0.4) is 0 Å². The molecule has 0 aromatic heterocycles. The van der Waals surface area contributed by atoms with E-state index in [9.17, 15) is 0 Å². The van der Waals surface area contributed by atoms with E-state index >= 15 is 0 Å². The van der Waals surface area contributed by atoms with E-state index in [0.717, 1.165) is 13.0 Å². The van der Waals surface area contributed by atoms with E-state index in [0.29, 0.717) is 6.04 Å². The van der Waals surface area contributed by atoms with Crippen molar-refractivity contribution in [2.75, 3.05) is 6.54 Å². The smallest absolute Gasteiger partial charge is 0.0363 e. The summed E-state index contributed by atoms with van der Waals surface area (Å²) in [6.45, 7) is 5.18. The molecule has 0 saturated carbocycles. The number of rotatable bonds is 6. The van der Waals surface area contributed by atoms with Crippen molar-refractivity contribution in [3.05, 3.63) is 83.4 Å². The summed E-state index contributed by atoms with van der Waals surface area (Å²) in [5.74, 6) is 0. The molecule has 0 amide bonds. The average Bonchev–Trinajstić information content (AvgIpc) is 2.48. The van der Waals surface area contributed by atoms with Crippen molar-refractivity contribution in [1.82, 2.24) is 5.32 Å². The zero-order valence-corrected chi connectivity index (χ0v) is 12.3. The molecule has 0 aliphatic heterocycles. The lowest BCUT2D eigenvalue weighted by atomic mass is 9.99. The zero-order valence-electron chi connectivity index (χ0n) is 12.3. The maximum absolute atomic E-state index is 3.64. The van der Waals surface area contributed by atoms with E-state index < -0.39 is 0 Å². The highest BCUT2D eigenvalue weighted by atomic mass is 14.9. The molecule has 1 unspecified atom stereocenters. The molecule has 2 aromatic rings. The van der Waals surface area contributed by atoms with Crippen LogP contribution in [0.25, 0.3) is 0 Å². The molecule has 1 atom stereocenters. The van der Waals surface area contributed by atoms with Gasteiger partial charge in [0.15, 0.2) is 0 Å². The molecule has 0 aliphatic rings. The Balaban J connectivity index is 2.10. The van der Waals surface area contributed by atoms with Crippen LogP contribution in [0.15, 0.2) is 72.3 Å². The van der Waals surface area contributed by atoms with E-state index in [2.05, 4.69) is 85.9 Å². The van der Waals surface area contributed by atoms with E-state index in [-0.39, 0.29) is 0 Å². The monoisotopic (exact) mass is 265 g/mol. The third-order valence-electron chi connectivity index (χ3n) is 3.36. The van der Waals surface area contributed by atoms with Crippen molar-refractivity contribution in [1.29, 1.82) is 0 Å². The second-order valence-corrected chi connectivity index (χ2v) is 5.34. The quantitative estimate of drug-likeness (QED) is 0.757. The van der Waals surface area contributed by atoms with Crippen LogP contribution < -0.4 is 5.32 Å². The summed E-state index contributed by atoms with van der Waals surface area (Å²) in [6.07, 6.45) is 3.25. The second-order valence-electron chi connectivity index (χ2n) is 5.34. The first-order valence-corrected chi connectivity index (χ1v) is 7.21. The van der Waals surface area contributed by atoms with Gasteiger partial charge in [0, 0.05) is 12.6 Å². The third kappa shape index (κ3) is 4.67. The molecular weight excluding hydrogens is 242 g/mol. The summed E-state index contributed by atoms with van der Waals surface area (Å²) < 4.78 is 0. The van der Waals surface area contributed by atoms with E-state index in [1.165, 1.54) is 16.7 Å². The minimum atomic E-state index is 0.356. The van der Waals surface area contributed by atoms with Crippen molar-refractivity contribution in [2.45, 2.75) is 26.3 Å². The third-order valence-corrected chi connectivity index (χ3v) is 3.36. The second kappa shape index (κ2) is 7.66. The molecule has 2 aromatic carbocycles. The predicted molar refractivity (Wildman–Crippen MR) is 86.8 cm³/mol. The van der Waals surface area contributed by atoms with Gasteiger partial charge in [-0.3, -0.25) is 0 Å². The molecule has 0 bridgehead atoms. The van der Waals surface area contributed by atoms with E-state index in [1.54, 1.807) is 0 Å². The molecule has 1 N–H and O–H groups in total. The summed E-state index contributed by atoms with van der Waals surface area (Å²) >= 11 is 0. The highest BCUT2D eigenvalue weighted by Gasteiger charge is 2.10. The first-order valence-electron chi connectivity index (χ1n) is 7.21. The molecule has 0 spiro atoms. The van der Waals surface area contributed by atoms with Gasteiger partial charge < -0.3 is 5.32 Å². The maximum atomic E-state index is 3.64. The molecule has 2 rings (SSSR count). The van der Waals surface area contributed by atoms with Gasteiger partial charge in [-0.25, -0.2) is 0 Å². The predicted octanol–water partition coefficient (Wildman–Crippen LogP) is 4.53. The molecule has 0 radical (unpaired) electrons. The summed E-state index contributed by atoms with van der Waals surface area (Å²) in [5, 5.41) is 3.64. The average molecular weight is 265 g/mol. The fraction of sp³-hybridized carbons (Fsp3) is 0.263. The highest BCUT2D eigenvalue weighted by molar-refractivity contribution is 5.24. The molecule has 0 heterocycles. The minimum Gasteiger partial charge on any atom is -0.306 e. The highest BCUT2D eigenvalue weighted by Crippen LogP contribution is 2.18. The van der Waals surface area contributed by atoms with Gasteiger partial charge in [0.05, 0.1) is 0 Å². The summed E-state index contributed by atoms with van der Waals surface area (Å²) in [7, 11) is 0. The van der Waals surface area contributed by atoms with Crippen LogP contribution in [-0.2, 0) is 6.42 Å². The number of allylic oxidation sites excluding steroid dienone is 1. The molecular formula is C19H23N. The molecule has 1 nitrogen and oxygen atoms in total. The van der Waals surface area contributed by atoms with Crippen LogP contribution in [0.5, 0.6) is 0 Å². The minimum absolute atomic E-state index is 0.356. The Hall–Kier alpha value is -1.86. The lowest BCUT2D eigenvalue weighted by molar-refractivity contribution is 0.564. The Morgan fingerprint density at radius 3 is 2.15 bits per heavy atom. The molecule has 104 valence electrons. The Morgan fingerprint density at radius 2 is 1.55 bits per heavy atom. The van der Waals surface area contributed by atoms with E-state index in [1.807, 2.05) is 0 Å². The standard InChI is InChI=1S/C19H23N/c1-16(2)13-14-20-19(18-11-7-4-8-12-18)15-17-9-5-3-6-10-17/h3-13,19-20H,14-15H2,1-2H3. The van der Waals surface area contributed by atoms with Crippen LogP contribution in [0.4, 0.5) is 0 Å². The van der Waals surface area contributed by atoms with E-state index in [4.69, 9.17) is 0 Å². The summed E-state index contributed by atoms with van der Waals surface area (Å²) in [4.78, 5) is 0. The van der Waals surface area contributed by atoms with Crippen molar-refractivity contribution in [2.24, 2.45) is 0 Å². The van der Waals surface area contributed by atoms with Crippen molar-refractivity contribution < 1.29 is 0 Å². The Kier molecular flexibility index (Phi) is 5.57. The molecule has 0 fully saturated rings. The Bertz CT molecular complexity index is 524. The number of nitrogens with one attached hydrogen (secondary N) is 1. The summed E-state index contributed by atoms with van der Waals surface area (Å²) in [5.41, 5.74) is 4.06. The van der Waals surface area contributed by atoms with Crippen molar-refractivity contribution in [3.8, 4) is 0 Å². The lowest BCUT2D eigenvalue weighted by Crippen LogP contribution is -2.23. The Labute approximate surface area is 122 Å². The van der Waals surface area contributed by atoms with Crippen molar-refractivity contribution in [3.63, 3.8) is 0 Å². The fourth-order valence-electron chi connectivity index (χ4n) is 2.25. The lowest BCUT2D eigenvalue weighted by Gasteiger charge is -2.19. The first kappa shape index (κ1) is 14.5. The van der Waals surface area contributed by atoms with Crippen molar-refractivity contribution >= 4 is 0 Å². The molecule has 0 saturated heterocycles. The number of benzene rings is 2. The molecule has 0 aliphatic carbocycles. The van der Waals surface area contributed by atoms with Gasteiger partial charge in [-0.1, -0.05) is 72.3 Å². The topological polar surface area (TPSA) is 12.0 Å². The maximum Gasteiger partial charge on any atom is 0.0363 e. The van der Waals surface area contributed by atoms with Crippen LogP contribution in [-0.4, -0.2) is 6.54 Å². The van der Waals surface area contributed by atoms with Gasteiger partial charge in [0.25, 0.3) is 0 Å². The molecule has 1 heteroatoms. The largest absolute Gasteiger partial charge is 0.306 e. The molecule has 20 heavy (non-hydrogen) atoms. The normalized spacial score (nSPS) is 11.9. The van der Waals surface area contributed by atoms with Crippen LogP contribution >= 0.6 is 0 Å². The zero-order chi connectivity index (χ0) is 14.2. The van der Waals surface area contributed by atoms with Crippen LogP contribution in [0.1, 0.15) is 31.0 Å². The van der Waals surface area contributed by atoms with Gasteiger partial charge in [0.2, 0.25) is 0 Å². The SMILES string of the molecule is CC(C)=CCNC(Cc1ccccc1)c1ccccc1. The van der Waals surface area contributed by atoms with Gasteiger partial charge >= 0.3 is 0 Å². The Morgan fingerprint density at radius 1 is 0.950 bits per heavy atom. The number of hydrogen-bond acceptors (Lipinski definition) is 1. The summed E-state index contributed by atoms with van der Waals surface area (Å²) in [6, 6.07) is 21.7.